The molecule has 0 bridgehead atoms. The van der Waals surface area contributed by atoms with E-state index in [1.54, 1.807) is 18.2 Å². The quantitative estimate of drug-likeness (QED) is 0.811. The van der Waals surface area contributed by atoms with Crippen molar-refractivity contribution >= 4 is 21.7 Å². The molecule has 0 radical (unpaired) electrons. The molecule has 0 unspecified atom stereocenters. The van der Waals surface area contributed by atoms with E-state index in [2.05, 4.69) is 20.9 Å². The fourth-order valence-corrected chi connectivity index (χ4v) is 1.97. The van der Waals surface area contributed by atoms with E-state index in [1.165, 1.54) is 6.20 Å². The van der Waals surface area contributed by atoms with Gasteiger partial charge in [-0.3, -0.25) is 9.78 Å². The van der Waals surface area contributed by atoms with Crippen molar-refractivity contribution in [2.75, 3.05) is 0 Å². The first-order chi connectivity index (χ1) is 8.58. The van der Waals surface area contributed by atoms with Crippen LogP contribution in [0, 0.1) is 11.6 Å². The highest BCUT2D eigenvalue weighted by molar-refractivity contribution is 9.10. The molecule has 0 saturated heterocycles. The van der Waals surface area contributed by atoms with Crippen LogP contribution < -0.4 is 0 Å². The van der Waals surface area contributed by atoms with Gasteiger partial charge in [0.25, 0.3) is 0 Å². The second kappa shape index (κ2) is 5.35. The summed E-state index contributed by atoms with van der Waals surface area (Å²) in [6.07, 6.45) is 1.40. The minimum Gasteiger partial charge on any atom is -0.294 e. The lowest BCUT2D eigenvalue weighted by atomic mass is 10.1. The van der Waals surface area contributed by atoms with Crippen LogP contribution >= 0.6 is 15.9 Å². The standard InChI is InChI=1S/C13H8BrF2NO/c14-8-5-10(15)13(11(16)6-8)12(18)7-9-3-1-2-4-17-9/h1-6H,7H2. The van der Waals surface area contributed by atoms with Crippen LogP contribution in [0.4, 0.5) is 8.78 Å². The fourth-order valence-electron chi connectivity index (χ4n) is 1.56. The van der Waals surface area contributed by atoms with E-state index >= 15 is 0 Å². The van der Waals surface area contributed by atoms with E-state index in [4.69, 9.17) is 0 Å². The number of hydrogen-bond acceptors (Lipinski definition) is 2. The average Bonchev–Trinajstić information content (AvgIpc) is 2.28. The summed E-state index contributed by atoms with van der Waals surface area (Å²) < 4.78 is 27.4. The Kier molecular flexibility index (Phi) is 3.81. The molecule has 0 amide bonds. The van der Waals surface area contributed by atoms with Crippen molar-refractivity contribution in [1.82, 2.24) is 4.98 Å². The fraction of sp³-hybridized carbons (Fsp3) is 0.0769. The highest BCUT2D eigenvalue weighted by atomic mass is 79.9. The van der Waals surface area contributed by atoms with Crippen LogP contribution in [-0.2, 0) is 6.42 Å². The normalized spacial score (nSPS) is 10.4. The molecule has 18 heavy (non-hydrogen) atoms. The van der Waals surface area contributed by atoms with Crippen LogP contribution in [0.1, 0.15) is 16.1 Å². The van der Waals surface area contributed by atoms with Crippen molar-refractivity contribution in [1.29, 1.82) is 0 Å². The van der Waals surface area contributed by atoms with Crippen LogP contribution in [0.2, 0.25) is 0 Å². The first-order valence-corrected chi connectivity index (χ1v) is 5.95. The van der Waals surface area contributed by atoms with Crippen molar-refractivity contribution in [2.24, 2.45) is 0 Å². The van der Waals surface area contributed by atoms with Gasteiger partial charge in [-0.2, -0.15) is 0 Å². The summed E-state index contributed by atoms with van der Waals surface area (Å²) >= 11 is 2.96. The van der Waals surface area contributed by atoms with Crippen LogP contribution in [-0.4, -0.2) is 10.8 Å². The van der Waals surface area contributed by atoms with E-state index in [0.29, 0.717) is 5.69 Å². The number of pyridine rings is 1. The lowest BCUT2D eigenvalue weighted by Crippen LogP contribution is -2.10. The highest BCUT2D eigenvalue weighted by Crippen LogP contribution is 2.20. The zero-order valence-electron chi connectivity index (χ0n) is 9.16. The van der Waals surface area contributed by atoms with Gasteiger partial charge in [-0.25, -0.2) is 8.78 Å². The van der Waals surface area contributed by atoms with Crippen LogP contribution in [0.5, 0.6) is 0 Å². The molecule has 0 aliphatic carbocycles. The number of halogens is 3. The monoisotopic (exact) mass is 311 g/mol. The lowest BCUT2D eigenvalue weighted by Gasteiger charge is -2.04. The average molecular weight is 312 g/mol. The minimum atomic E-state index is -0.872. The molecule has 92 valence electrons. The van der Waals surface area contributed by atoms with E-state index in [0.717, 1.165) is 12.1 Å². The molecule has 1 heterocycles. The third kappa shape index (κ3) is 2.79. The molecule has 5 heteroatoms. The van der Waals surface area contributed by atoms with Gasteiger partial charge >= 0.3 is 0 Å². The predicted molar refractivity (Wildman–Crippen MR) is 66.3 cm³/mol. The SMILES string of the molecule is O=C(Cc1ccccn1)c1c(F)cc(Br)cc1F. The third-order valence-corrected chi connectivity index (χ3v) is 2.81. The van der Waals surface area contributed by atoms with E-state index in [1.807, 2.05) is 0 Å². The number of hydrogen-bond donors (Lipinski definition) is 0. The number of nitrogens with zero attached hydrogens (tertiary/aromatic N) is 1. The maximum atomic E-state index is 13.6. The Morgan fingerprint density at radius 1 is 1.22 bits per heavy atom. The Morgan fingerprint density at radius 3 is 2.44 bits per heavy atom. The van der Waals surface area contributed by atoms with Crippen LogP contribution in [0.15, 0.2) is 41.0 Å². The number of ketones is 1. The lowest BCUT2D eigenvalue weighted by molar-refractivity contribution is 0.0984. The molecule has 0 aliphatic rings. The summed E-state index contributed by atoms with van der Waals surface area (Å²) in [5.74, 6) is -2.37. The summed E-state index contributed by atoms with van der Waals surface area (Å²) in [5.41, 5.74) is -0.0481. The predicted octanol–water partition coefficient (Wildman–Crippen LogP) is 3.55. The molecule has 0 aliphatic heterocycles. The molecule has 2 aromatic rings. The second-order valence-corrected chi connectivity index (χ2v) is 4.58. The topological polar surface area (TPSA) is 30.0 Å². The number of carbonyl (C=O) groups is 1. The molecule has 2 nitrogen and oxygen atoms in total. The maximum Gasteiger partial charge on any atom is 0.174 e. The van der Waals surface area contributed by atoms with Gasteiger partial charge in [0.05, 0.1) is 12.0 Å². The molecule has 1 aromatic heterocycles. The number of aromatic nitrogens is 1. The van der Waals surface area contributed by atoms with Gasteiger partial charge in [0.2, 0.25) is 0 Å². The Labute approximate surface area is 111 Å². The molecule has 0 atom stereocenters. The second-order valence-electron chi connectivity index (χ2n) is 3.67. The Hall–Kier alpha value is -1.62. The Morgan fingerprint density at radius 2 is 1.89 bits per heavy atom. The van der Waals surface area contributed by atoms with Crippen molar-refractivity contribution in [3.8, 4) is 0 Å². The van der Waals surface area contributed by atoms with Gasteiger partial charge in [-0.1, -0.05) is 22.0 Å². The molecule has 0 N–H and O–H groups in total. The molecular formula is C13H8BrF2NO. The van der Waals surface area contributed by atoms with Crippen LogP contribution in [0.25, 0.3) is 0 Å². The molecule has 0 saturated carbocycles. The Balaban J connectivity index is 2.30. The highest BCUT2D eigenvalue weighted by Gasteiger charge is 2.18. The number of Topliss-reactive ketones (excluding diaryl/α,β-unsaturated/α-hetero) is 1. The summed E-state index contributed by atoms with van der Waals surface area (Å²) in [6.45, 7) is 0. The summed E-state index contributed by atoms with van der Waals surface area (Å²) in [4.78, 5) is 15.8. The van der Waals surface area contributed by atoms with Crippen molar-refractivity contribution < 1.29 is 13.6 Å². The smallest absolute Gasteiger partial charge is 0.174 e. The van der Waals surface area contributed by atoms with Crippen molar-refractivity contribution in [2.45, 2.75) is 6.42 Å². The third-order valence-electron chi connectivity index (χ3n) is 2.35. The number of benzene rings is 1. The molecule has 0 spiro atoms. The van der Waals surface area contributed by atoms with E-state index in [9.17, 15) is 13.6 Å². The minimum absolute atomic E-state index is 0.129. The first-order valence-electron chi connectivity index (χ1n) is 5.15. The van der Waals surface area contributed by atoms with Gasteiger partial charge in [0, 0.05) is 16.4 Å². The molecular weight excluding hydrogens is 304 g/mol. The summed E-state index contributed by atoms with van der Waals surface area (Å²) in [5, 5.41) is 0. The zero-order chi connectivity index (χ0) is 13.1. The largest absolute Gasteiger partial charge is 0.294 e. The molecule has 2 rings (SSSR count). The number of rotatable bonds is 3. The van der Waals surface area contributed by atoms with Gasteiger partial charge < -0.3 is 0 Å². The van der Waals surface area contributed by atoms with Crippen molar-refractivity contribution in [3.63, 3.8) is 0 Å². The molecule has 1 aromatic carbocycles. The van der Waals surface area contributed by atoms with Crippen LogP contribution in [0.3, 0.4) is 0 Å². The summed E-state index contributed by atoms with van der Waals surface area (Å²) in [7, 11) is 0. The maximum absolute atomic E-state index is 13.6. The van der Waals surface area contributed by atoms with Crippen molar-refractivity contribution in [3.05, 3.63) is 63.9 Å². The Bertz CT molecular complexity index is 564. The van der Waals surface area contributed by atoms with E-state index < -0.39 is 23.0 Å². The zero-order valence-corrected chi connectivity index (χ0v) is 10.7. The van der Waals surface area contributed by atoms with Gasteiger partial charge in [0.1, 0.15) is 11.6 Å². The summed E-state index contributed by atoms with van der Waals surface area (Å²) in [6, 6.07) is 7.18. The van der Waals surface area contributed by atoms with E-state index in [-0.39, 0.29) is 10.9 Å². The van der Waals surface area contributed by atoms with Gasteiger partial charge in [-0.15, -0.1) is 0 Å². The molecule has 0 fully saturated rings. The van der Waals surface area contributed by atoms with Gasteiger partial charge in [0.15, 0.2) is 5.78 Å². The number of carbonyl (C=O) groups excluding carboxylic acids is 1. The first kappa shape index (κ1) is 12.8. The van der Waals surface area contributed by atoms with Gasteiger partial charge in [-0.05, 0) is 24.3 Å².